The fourth-order valence-corrected chi connectivity index (χ4v) is 3.02. The van der Waals surface area contributed by atoms with Crippen LogP contribution in [0, 0.1) is 0 Å². The van der Waals surface area contributed by atoms with E-state index in [1.54, 1.807) is 0 Å². The van der Waals surface area contributed by atoms with Crippen LogP contribution in [-0.4, -0.2) is 79.9 Å². The molecule has 3 unspecified atom stereocenters. The SMILES string of the molecule is CC(=O)OCC1O[C@@H](OC[C@H]2C=CC(=O)O2)C(OC(C)=O)C(OC(C)=O)[C@@H]1OC(C)=O. The van der Waals surface area contributed by atoms with Crippen LogP contribution in [0.25, 0.3) is 0 Å². The van der Waals surface area contributed by atoms with Crippen LogP contribution in [0.5, 0.6) is 0 Å². The first kappa shape index (κ1) is 24.3. The molecule has 2 aliphatic heterocycles. The zero-order valence-electron chi connectivity index (χ0n) is 17.4. The molecule has 0 aromatic rings. The summed E-state index contributed by atoms with van der Waals surface area (Å²) in [4.78, 5) is 57.5. The minimum absolute atomic E-state index is 0.171. The van der Waals surface area contributed by atoms with Gasteiger partial charge in [0.2, 0.25) is 0 Å². The number of rotatable bonds is 8. The number of hydrogen-bond donors (Lipinski definition) is 0. The number of carbonyl (C=O) groups excluding carboxylic acids is 5. The van der Waals surface area contributed by atoms with Crippen molar-refractivity contribution in [1.29, 1.82) is 0 Å². The fourth-order valence-electron chi connectivity index (χ4n) is 3.02. The van der Waals surface area contributed by atoms with Crippen LogP contribution in [0.2, 0.25) is 0 Å². The molecule has 0 bridgehead atoms. The van der Waals surface area contributed by atoms with Crippen LogP contribution >= 0.6 is 0 Å². The highest BCUT2D eigenvalue weighted by molar-refractivity contribution is 5.84. The minimum atomic E-state index is -1.33. The standard InChI is InChI=1S/C19H24O12/c1-9(20)25-8-14-16(27-10(2)21)17(28-11(3)22)18(29-12(4)23)19(31-14)26-7-13-5-6-15(24)30-13/h5-6,13-14,16-19H,7-8H2,1-4H3/t13-,14?,16-,17?,18?,19-/m1/s1. The second-order valence-corrected chi connectivity index (χ2v) is 6.74. The molecule has 0 radical (unpaired) electrons. The molecular formula is C19H24O12. The van der Waals surface area contributed by atoms with E-state index in [4.69, 9.17) is 33.2 Å². The van der Waals surface area contributed by atoms with Gasteiger partial charge >= 0.3 is 29.8 Å². The monoisotopic (exact) mass is 444 g/mol. The van der Waals surface area contributed by atoms with E-state index >= 15 is 0 Å². The summed E-state index contributed by atoms with van der Waals surface area (Å²) in [6, 6.07) is 0. The van der Waals surface area contributed by atoms with Crippen LogP contribution in [-0.2, 0) is 57.1 Å². The van der Waals surface area contributed by atoms with E-state index in [9.17, 15) is 24.0 Å². The van der Waals surface area contributed by atoms with Gasteiger partial charge in [0.1, 0.15) is 18.8 Å². The van der Waals surface area contributed by atoms with E-state index in [0.29, 0.717) is 0 Å². The molecule has 2 heterocycles. The minimum Gasteiger partial charge on any atom is -0.463 e. The Balaban J connectivity index is 2.30. The number of esters is 5. The molecule has 0 N–H and O–H groups in total. The zero-order chi connectivity index (χ0) is 23.1. The number of ether oxygens (including phenoxy) is 7. The van der Waals surface area contributed by atoms with Crippen molar-refractivity contribution >= 4 is 29.8 Å². The van der Waals surface area contributed by atoms with Crippen molar-refractivity contribution < 1.29 is 57.1 Å². The Labute approximate surface area is 177 Å². The van der Waals surface area contributed by atoms with Gasteiger partial charge in [0.05, 0.1) is 6.61 Å². The predicted octanol–water partition coefficient (Wildman–Crippen LogP) is -0.432. The number of carbonyl (C=O) groups is 5. The average Bonchev–Trinajstić information content (AvgIpc) is 3.06. The van der Waals surface area contributed by atoms with E-state index in [0.717, 1.165) is 20.8 Å². The Morgan fingerprint density at radius 1 is 0.839 bits per heavy atom. The lowest BCUT2D eigenvalue weighted by Gasteiger charge is -2.44. The third kappa shape index (κ3) is 7.33. The molecule has 0 aliphatic carbocycles. The van der Waals surface area contributed by atoms with E-state index < -0.39 is 66.7 Å². The number of cyclic esters (lactones) is 1. The highest BCUT2D eigenvalue weighted by Crippen LogP contribution is 2.30. The van der Waals surface area contributed by atoms with Crippen molar-refractivity contribution in [2.45, 2.75) is 64.5 Å². The highest BCUT2D eigenvalue weighted by Gasteiger charge is 2.52. The van der Waals surface area contributed by atoms with Gasteiger partial charge in [-0.15, -0.1) is 0 Å². The van der Waals surface area contributed by atoms with Gasteiger partial charge in [-0.05, 0) is 6.08 Å². The second-order valence-electron chi connectivity index (χ2n) is 6.74. The van der Waals surface area contributed by atoms with Crippen molar-refractivity contribution in [2.75, 3.05) is 13.2 Å². The normalized spacial score (nSPS) is 29.6. The molecule has 0 amide bonds. The first-order valence-corrected chi connectivity index (χ1v) is 9.37. The summed E-state index contributed by atoms with van der Waals surface area (Å²) in [7, 11) is 0. The second kappa shape index (κ2) is 10.9. The molecule has 2 rings (SSSR count). The van der Waals surface area contributed by atoms with Gasteiger partial charge in [-0.3, -0.25) is 19.2 Å². The molecule has 0 aromatic carbocycles. The molecular weight excluding hydrogens is 420 g/mol. The molecule has 6 atom stereocenters. The van der Waals surface area contributed by atoms with E-state index in [1.165, 1.54) is 19.1 Å². The van der Waals surface area contributed by atoms with Crippen LogP contribution < -0.4 is 0 Å². The lowest BCUT2D eigenvalue weighted by molar-refractivity contribution is -0.310. The largest absolute Gasteiger partial charge is 0.463 e. The molecule has 1 saturated heterocycles. The van der Waals surface area contributed by atoms with Crippen LogP contribution in [0.1, 0.15) is 27.7 Å². The van der Waals surface area contributed by atoms with E-state index in [-0.39, 0.29) is 13.2 Å². The lowest BCUT2D eigenvalue weighted by Crippen LogP contribution is -2.63. The molecule has 172 valence electrons. The topological polar surface area (TPSA) is 150 Å². The average molecular weight is 444 g/mol. The van der Waals surface area contributed by atoms with Crippen molar-refractivity contribution in [2.24, 2.45) is 0 Å². The Morgan fingerprint density at radius 3 is 1.94 bits per heavy atom. The molecule has 12 heteroatoms. The first-order chi connectivity index (χ1) is 14.6. The zero-order valence-corrected chi connectivity index (χ0v) is 17.4. The van der Waals surface area contributed by atoms with Crippen LogP contribution in [0.4, 0.5) is 0 Å². The molecule has 31 heavy (non-hydrogen) atoms. The maximum Gasteiger partial charge on any atom is 0.331 e. The third-order valence-electron chi connectivity index (χ3n) is 4.09. The third-order valence-corrected chi connectivity index (χ3v) is 4.09. The molecule has 12 nitrogen and oxygen atoms in total. The summed E-state index contributed by atoms with van der Waals surface area (Å²) in [5, 5.41) is 0. The lowest BCUT2D eigenvalue weighted by atomic mass is 9.98. The Bertz CT molecular complexity index is 744. The van der Waals surface area contributed by atoms with E-state index in [1.807, 2.05) is 0 Å². The molecule has 0 aromatic heterocycles. The summed E-state index contributed by atoms with van der Waals surface area (Å²) >= 11 is 0. The molecule has 1 fully saturated rings. The van der Waals surface area contributed by atoms with Gasteiger partial charge in [-0.1, -0.05) is 0 Å². The smallest absolute Gasteiger partial charge is 0.331 e. The van der Waals surface area contributed by atoms with Gasteiger partial charge in [-0.2, -0.15) is 0 Å². The summed E-state index contributed by atoms with van der Waals surface area (Å²) in [5.41, 5.74) is 0. The molecule has 0 spiro atoms. The van der Waals surface area contributed by atoms with Gasteiger partial charge in [-0.25, -0.2) is 4.79 Å². The Morgan fingerprint density at radius 2 is 1.42 bits per heavy atom. The summed E-state index contributed by atoms with van der Waals surface area (Å²) in [5.74, 6) is -3.40. The molecule has 0 saturated carbocycles. The maximum absolute atomic E-state index is 11.7. The van der Waals surface area contributed by atoms with Gasteiger partial charge in [0.25, 0.3) is 0 Å². The van der Waals surface area contributed by atoms with Crippen LogP contribution in [0.15, 0.2) is 12.2 Å². The van der Waals surface area contributed by atoms with Crippen LogP contribution in [0.3, 0.4) is 0 Å². The summed E-state index contributed by atoms with van der Waals surface area (Å²) in [6.07, 6.45) is -4.39. The van der Waals surface area contributed by atoms with E-state index in [2.05, 4.69) is 0 Å². The van der Waals surface area contributed by atoms with Gasteiger partial charge < -0.3 is 33.2 Å². The van der Waals surface area contributed by atoms with Gasteiger partial charge in [0, 0.05) is 33.8 Å². The van der Waals surface area contributed by atoms with Crippen molar-refractivity contribution in [1.82, 2.24) is 0 Å². The quantitative estimate of drug-likeness (QED) is 0.353. The Hall–Kier alpha value is -2.99. The first-order valence-electron chi connectivity index (χ1n) is 9.37. The fraction of sp³-hybridized carbons (Fsp3) is 0.632. The van der Waals surface area contributed by atoms with Crippen molar-refractivity contribution in [3.05, 3.63) is 12.2 Å². The van der Waals surface area contributed by atoms with Crippen molar-refractivity contribution in [3.8, 4) is 0 Å². The summed E-state index contributed by atoms with van der Waals surface area (Å²) in [6.45, 7) is 3.99. The predicted molar refractivity (Wildman–Crippen MR) is 96.9 cm³/mol. The molecule has 2 aliphatic rings. The van der Waals surface area contributed by atoms with Gasteiger partial charge in [0.15, 0.2) is 24.6 Å². The summed E-state index contributed by atoms with van der Waals surface area (Å²) < 4.78 is 37.1. The maximum atomic E-state index is 11.7. The Kier molecular flexibility index (Phi) is 8.51. The van der Waals surface area contributed by atoms with Crippen molar-refractivity contribution in [3.63, 3.8) is 0 Å². The number of hydrogen-bond acceptors (Lipinski definition) is 12. The highest BCUT2D eigenvalue weighted by atomic mass is 16.7.